The summed E-state index contributed by atoms with van der Waals surface area (Å²) in [6.45, 7) is 0.254. The van der Waals surface area contributed by atoms with E-state index in [9.17, 15) is 18.0 Å². The highest BCUT2D eigenvalue weighted by Crippen LogP contribution is 2.23. The van der Waals surface area contributed by atoms with Crippen LogP contribution >= 0.6 is 0 Å². The summed E-state index contributed by atoms with van der Waals surface area (Å²) in [6, 6.07) is 5.92. The van der Waals surface area contributed by atoms with Crippen molar-refractivity contribution in [1.82, 2.24) is 0 Å². The summed E-state index contributed by atoms with van der Waals surface area (Å²) in [5.41, 5.74) is 0.189. The third-order valence-corrected chi connectivity index (χ3v) is 1.90. The summed E-state index contributed by atoms with van der Waals surface area (Å²) in [6.07, 6.45) is -4.17. The average molecular weight is 232 g/mol. The van der Waals surface area contributed by atoms with E-state index in [0.29, 0.717) is 0 Å². The maximum absolute atomic E-state index is 11.9. The van der Waals surface area contributed by atoms with Crippen molar-refractivity contribution in [1.29, 1.82) is 0 Å². The Labute approximate surface area is 91.0 Å². The number of benzene rings is 1. The van der Waals surface area contributed by atoms with Crippen LogP contribution in [0.2, 0.25) is 0 Å². The number of ketones is 1. The smallest absolute Gasteiger partial charge is 0.422 e. The molecule has 0 aliphatic carbocycles. The standard InChI is InChI=1S/C11H11F3O2/c1-2-9(15)8-5-3-4-6-10(8)16-7-11(12,13)14/h3-6H,2,7H2,1H3. The Balaban J connectivity index is 2.83. The fourth-order valence-corrected chi connectivity index (χ4v) is 1.17. The highest BCUT2D eigenvalue weighted by Gasteiger charge is 2.29. The summed E-state index contributed by atoms with van der Waals surface area (Å²) < 4.78 is 40.4. The molecule has 16 heavy (non-hydrogen) atoms. The van der Waals surface area contributed by atoms with Crippen LogP contribution in [0.1, 0.15) is 23.7 Å². The molecule has 1 aromatic rings. The molecule has 0 fully saturated rings. The van der Waals surface area contributed by atoms with Crippen molar-refractivity contribution in [3.8, 4) is 5.75 Å². The zero-order chi connectivity index (χ0) is 12.2. The van der Waals surface area contributed by atoms with Gasteiger partial charge in [0.05, 0.1) is 5.56 Å². The summed E-state index contributed by atoms with van der Waals surface area (Å²) in [5.74, 6) is -0.260. The first-order valence-corrected chi connectivity index (χ1v) is 4.76. The second-order valence-electron chi connectivity index (χ2n) is 3.18. The predicted molar refractivity (Wildman–Crippen MR) is 52.6 cm³/mol. The highest BCUT2D eigenvalue weighted by molar-refractivity contribution is 5.98. The molecular weight excluding hydrogens is 221 g/mol. The predicted octanol–water partition coefficient (Wildman–Crippen LogP) is 3.22. The minimum Gasteiger partial charge on any atom is -0.483 e. The van der Waals surface area contributed by atoms with Crippen LogP contribution in [0.25, 0.3) is 0 Å². The van der Waals surface area contributed by atoms with Gasteiger partial charge in [-0.05, 0) is 12.1 Å². The van der Waals surface area contributed by atoms with Crippen LogP contribution in [0, 0.1) is 0 Å². The molecule has 0 N–H and O–H groups in total. The summed E-state index contributed by atoms with van der Waals surface area (Å²) in [4.78, 5) is 11.4. The maximum Gasteiger partial charge on any atom is 0.422 e. The van der Waals surface area contributed by atoms with Gasteiger partial charge in [-0.15, -0.1) is 0 Å². The van der Waals surface area contributed by atoms with Gasteiger partial charge in [0.15, 0.2) is 12.4 Å². The van der Waals surface area contributed by atoms with Crippen molar-refractivity contribution in [2.45, 2.75) is 19.5 Å². The van der Waals surface area contributed by atoms with Gasteiger partial charge in [0.25, 0.3) is 0 Å². The molecule has 0 saturated heterocycles. The molecule has 5 heteroatoms. The van der Waals surface area contributed by atoms with Crippen molar-refractivity contribution in [2.24, 2.45) is 0 Å². The normalized spacial score (nSPS) is 11.2. The first kappa shape index (κ1) is 12.5. The monoisotopic (exact) mass is 232 g/mol. The molecule has 0 atom stereocenters. The van der Waals surface area contributed by atoms with E-state index < -0.39 is 12.8 Å². The zero-order valence-corrected chi connectivity index (χ0v) is 8.67. The third-order valence-electron chi connectivity index (χ3n) is 1.90. The van der Waals surface area contributed by atoms with E-state index >= 15 is 0 Å². The molecular formula is C11H11F3O2. The number of hydrogen-bond donors (Lipinski definition) is 0. The highest BCUT2D eigenvalue weighted by atomic mass is 19.4. The van der Waals surface area contributed by atoms with Crippen molar-refractivity contribution in [3.05, 3.63) is 29.8 Å². The number of Topliss-reactive ketones (excluding diaryl/α,β-unsaturated/α-hetero) is 1. The lowest BCUT2D eigenvalue weighted by atomic mass is 10.1. The second kappa shape index (κ2) is 5.01. The Morgan fingerprint density at radius 3 is 2.50 bits per heavy atom. The lowest BCUT2D eigenvalue weighted by Gasteiger charge is -2.11. The molecule has 0 radical (unpaired) electrons. The van der Waals surface area contributed by atoms with Crippen molar-refractivity contribution >= 4 is 5.78 Å². The topological polar surface area (TPSA) is 26.3 Å². The van der Waals surface area contributed by atoms with Crippen LogP contribution in [0.4, 0.5) is 13.2 Å². The van der Waals surface area contributed by atoms with Gasteiger partial charge in [-0.2, -0.15) is 13.2 Å². The Morgan fingerprint density at radius 2 is 1.94 bits per heavy atom. The SMILES string of the molecule is CCC(=O)c1ccccc1OCC(F)(F)F. The summed E-state index contributed by atoms with van der Waals surface area (Å²) in [7, 11) is 0. The molecule has 0 saturated carbocycles. The van der Waals surface area contributed by atoms with Crippen molar-refractivity contribution in [3.63, 3.8) is 0 Å². The Bertz CT molecular complexity index is 372. The number of carbonyl (C=O) groups excluding carboxylic acids is 1. The number of rotatable bonds is 4. The first-order chi connectivity index (χ1) is 7.44. The molecule has 0 heterocycles. The molecule has 88 valence electrons. The molecule has 0 unspecified atom stereocenters. The van der Waals surface area contributed by atoms with E-state index in [1.54, 1.807) is 13.0 Å². The number of halogens is 3. The number of carbonyl (C=O) groups is 1. The molecule has 0 aliphatic heterocycles. The molecule has 1 aromatic carbocycles. The molecule has 2 nitrogen and oxygen atoms in total. The lowest BCUT2D eigenvalue weighted by molar-refractivity contribution is -0.153. The van der Waals surface area contributed by atoms with E-state index in [2.05, 4.69) is 4.74 Å². The van der Waals surface area contributed by atoms with Crippen molar-refractivity contribution in [2.75, 3.05) is 6.61 Å². The largest absolute Gasteiger partial charge is 0.483 e. The van der Waals surface area contributed by atoms with E-state index in [1.165, 1.54) is 18.2 Å². The number of ether oxygens (including phenoxy) is 1. The molecule has 0 spiro atoms. The quantitative estimate of drug-likeness (QED) is 0.745. The zero-order valence-electron chi connectivity index (χ0n) is 8.67. The minimum absolute atomic E-state index is 0.0216. The molecule has 0 amide bonds. The Hall–Kier alpha value is -1.52. The van der Waals surface area contributed by atoms with E-state index in [4.69, 9.17) is 0 Å². The van der Waals surface area contributed by atoms with Gasteiger partial charge < -0.3 is 4.74 Å². The van der Waals surface area contributed by atoms with Crippen LogP contribution < -0.4 is 4.74 Å². The van der Waals surface area contributed by atoms with Gasteiger partial charge in [-0.1, -0.05) is 19.1 Å². The molecule has 0 bridgehead atoms. The van der Waals surface area contributed by atoms with Gasteiger partial charge in [-0.3, -0.25) is 4.79 Å². The maximum atomic E-state index is 11.9. The number of para-hydroxylation sites is 1. The second-order valence-corrected chi connectivity index (χ2v) is 3.18. The molecule has 0 aliphatic rings. The van der Waals surface area contributed by atoms with Crippen LogP contribution in [-0.4, -0.2) is 18.6 Å². The first-order valence-electron chi connectivity index (χ1n) is 4.76. The van der Waals surface area contributed by atoms with Crippen molar-refractivity contribution < 1.29 is 22.7 Å². The van der Waals surface area contributed by atoms with Gasteiger partial charge in [0.1, 0.15) is 5.75 Å². The molecule has 0 aromatic heterocycles. The van der Waals surface area contributed by atoms with Gasteiger partial charge >= 0.3 is 6.18 Å². The van der Waals surface area contributed by atoms with Gasteiger partial charge in [0, 0.05) is 6.42 Å². The van der Waals surface area contributed by atoms with Crippen LogP contribution in [0.5, 0.6) is 5.75 Å². The average Bonchev–Trinajstić information content (AvgIpc) is 2.25. The van der Waals surface area contributed by atoms with Crippen LogP contribution in [0.3, 0.4) is 0 Å². The molecule has 1 rings (SSSR count). The lowest BCUT2D eigenvalue weighted by Crippen LogP contribution is -2.20. The number of alkyl halides is 3. The number of hydrogen-bond acceptors (Lipinski definition) is 2. The van der Waals surface area contributed by atoms with Crippen LogP contribution in [-0.2, 0) is 0 Å². The fourth-order valence-electron chi connectivity index (χ4n) is 1.17. The van der Waals surface area contributed by atoms with E-state index in [0.717, 1.165) is 0 Å². The fraction of sp³-hybridized carbons (Fsp3) is 0.364. The third kappa shape index (κ3) is 3.56. The van der Waals surface area contributed by atoms with Gasteiger partial charge in [0.2, 0.25) is 0 Å². The van der Waals surface area contributed by atoms with Crippen LogP contribution in [0.15, 0.2) is 24.3 Å². The van der Waals surface area contributed by atoms with E-state index in [-0.39, 0.29) is 23.5 Å². The van der Waals surface area contributed by atoms with E-state index in [1.807, 2.05) is 0 Å². The summed E-state index contributed by atoms with van der Waals surface area (Å²) in [5, 5.41) is 0. The van der Waals surface area contributed by atoms with Gasteiger partial charge in [-0.25, -0.2) is 0 Å². The summed E-state index contributed by atoms with van der Waals surface area (Å²) >= 11 is 0. The Morgan fingerprint density at radius 1 is 1.31 bits per heavy atom. The Kier molecular flexibility index (Phi) is 3.93. The minimum atomic E-state index is -4.40.